The van der Waals surface area contributed by atoms with E-state index >= 15 is 0 Å². The quantitative estimate of drug-likeness (QED) is 0.295. The van der Waals surface area contributed by atoms with Gasteiger partial charge in [0.25, 0.3) is 0 Å². The molecule has 9 heteroatoms. The van der Waals surface area contributed by atoms with Crippen molar-refractivity contribution in [3.8, 4) is 0 Å². The lowest BCUT2D eigenvalue weighted by Crippen LogP contribution is -2.42. The highest BCUT2D eigenvalue weighted by atomic mass is 127. The summed E-state index contributed by atoms with van der Waals surface area (Å²) < 4.78 is 25.6. The second-order valence-electron chi connectivity index (χ2n) is 6.05. The molecule has 1 aromatic carbocycles. The van der Waals surface area contributed by atoms with Crippen LogP contribution in [-0.4, -0.2) is 50.8 Å². The maximum absolute atomic E-state index is 12.4. The first kappa shape index (κ1) is 24.0. The first-order valence-corrected chi connectivity index (χ1v) is 12.2. The van der Waals surface area contributed by atoms with Crippen LogP contribution in [-0.2, 0) is 9.84 Å². The van der Waals surface area contributed by atoms with Crippen molar-refractivity contribution in [1.82, 2.24) is 10.6 Å². The molecule has 2 unspecified atom stereocenters. The molecular weight excluding hydrogens is 549 g/mol. The zero-order valence-electron chi connectivity index (χ0n) is 15.1. The lowest BCUT2D eigenvalue weighted by Gasteiger charge is -2.17. The molecule has 2 atom stereocenters. The van der Waals surface area contributed by atoms with Gasteiger partial charge in [0.2, 0.25) is 0 Å². The van der Waals surface area contributed by atoms with Crippen LogP contribution < -0.4 is 10.6 Å². The van der Waals surface area contributed by atoms with E-state index in [-0.39, 0.29) is 36.3 Å². The van der Waals surface area contributed by atoms with Crippen LogP contribution in [0.5, 0.6) is 0 Å². The van der Waals surface area contributed by atoms with E-state index in [9.17, 15) is 8.42 Å². The highest BCUT2D eigenvalue weighted by Gasteiger charge is 2.24. The Hall–Kier alpha value is -0.000000000000000111. The van der Waals surface area contributed by atoms with E-state index < -0.39 is 9.84 Å². The summed E-state index contributed by atoms with van der Waals surface area (Å²) in [6, 6.07) is 7.13. The third kappa shape index (κ3) is 7.55. The van der Waals surface area contributed by atoms with Gasteiger partial charge in [-0.2, -0.15) is 11.8 Å². The van der Waals surface area contributed by atoms with Gasteiger partial charge in [0, 0.05) is 22.3 Å². The zero-order valence-corrected chi connectivity index (χ0v) is 20.6. The molecule has 148 valence electrons. The van der Waals surface area contributed by atoms with Crippen molar-refractivity contribution in [2.45, 2.75) is 42.4 Å². The van der Waals surface area contributed by atoms with Crippen molar-refractivity contribution < 1.29 is 8.42 Å². The Morgan fingerprint density at radius 2 is 2.00 bits per heavy atom. The summed E-state index contributed by atoms with van der Waals surface area (Å²) in [4.78, 5) is 4.79. The summed E-state index contributed by atoms with van der Waals surface area (Å²) in [5.74, 6) is 0.712. The first-order chi connectivity index (χ1) is 11.9. The van der Waals surface area contributed by atoms with Crippen LogP contribution in [0.15, 0.2) is 38.6 Å². The Morgan fingerprint density at radius 3 is 2.58 bits per heavy atom. The maximum atomic E-state index is 12.4. The number of hydrogen-bond donors (Lipinski definition) is 2. The number of hydrogen-bond acceptors (Lipinski definition) is 4. The molecule has 2 N–H and O–H groups in total. The number of aliphatic imine (C=N–C) groups is 1. The van der Waals surface area contributed by atoms with Crippen LogP contribution in [0, 0.1) is 0 Å². The fourth-order valence-corrected chi connectivity index (χ4v) is 5.02. The second kappa shape index (κ2) is 11.8. The van der Waals surface area contributed by atoms with Crippen LogP contribution in [0.25, 0.3) is 0 Å². The van der Waals surface area contributed by atoms with E-state index in [1.165, 1.54) is 6.42 Å². The minimum atomic E-state index is -3.31. The average molecular weight is 576 g/mol. The van der Waals surface area contributed by atoms with Gasteiger partial charge in [0.15, 0.2) is 15.8 Å². The molecule has 0 spiro atoms. The zero-order chi connectivity index (χ0) is 18.3. The largest absolute Gasteiger partial charge is 0.357 e. The van der Waals surface area contributed by atoms with Gasteiger partial charge in [-0.1, -0.05) is 15.9 Å². The van der Waals surface area contributed by atoms with Crippen LogP contribution in [0.2, 0.25) is 0 Å². The molecule has 0 radical (unpaired) electrons. The van der Waals surface area contributed by atoms with E-state index in [1.54, 1.807) is 24.3 Å². The van der Waals surface area contributed by atoms with Crippen molar-refractivity contribution >= 4 is 67.5 Å². The summed E-state index contributed by atoms with van der Waals surface area (Å²) in [6.07, 6.45) is 5.63. The molecule has 2 rings (SSSR count). The van der Waals surface area contributed by atoms with Crippen LogP contribution in [0.3, 0.4) is 0 Å². The molecule has 1 fully saturated rings. The molecule has 0 heterocycles. The molecule has 1 aliphatic carbocycles. The minimum Gasteiger partial charge on any atom is -0.357 e. The van der Waals surface area contributed by atoms with Crippen molar-refractivity contribution in [2.24, 2.45) is 4.99 Å². The fourth-order valence-electron chi connectivity index (χ4n) is 2.84. The second-order valence-corrected chi connectivity index (χ2v) is 10.2. The van der Waals surface area contributed by atoms with E-state index in [1.807, 2.05) is 18.7 Å². The third-order valence-electron chi connectivity index (χ3n) is 4.21. The molecule has 0 aromatic heterocycles. The Kier molecular flexibility index (Phi) is 10.9. The Morgan fingerprint density at radius 1 is 1.31 bits per heavy atom. The molecule has 26 heavy (non-hydrogen) atoms. The van der Waals surface area contributed by atoms with Gasteiger partial charge < -0.3 is 10.6 Å². The van der Waals surface area contributed by atoms with Crippen molar-refractivity contribution in [3.05, 3.63) is 28.7 Å². The lowest BCUT2D eigenvalue weighted by molar-refractivity contribution is 0.595. The first-order valence-electron chi connectivity index (χ1n) is 8.50. The van der Waals surface area contributed by atoms with E-state index in [2.05, 4.69) is 37.8 Å². The smallest absolute Gasteiger partial charge is 0.191 e. The highest BCUT2D eigenvalue weighted by molar-refractivity contribution is 14.0. The number of nitrogens with one attached hydrogen (secondary N) is 2. The number of sulfone groups is 1. The van der Waals surface area contributed by atoms with Gasteiger partial charge in [-0.05, 0) is 56.7 Å². The highest BCUT2D eigenvalue weighted by Crippen LogP contribution is 2.28. The Balaban J connectivity index is 0.00000338. The average Bonchev–Trinajstić information content (AvgIpc) is 3.03. The topological polar surface area (TPSA) is 70.6 Å². The molecule has 0 saturated heterocycles. The standard InChI is InChI=1S/C17H26BrN3O2S2.HI/c1-3-19-17(21-14-6-7-15(12-14)24-2)20-10-11-25(22,23)16-8-4-13(18)5-9-16;/h4-5,8-9,14-15H,3,6-7,10-12H2,1-2H3,(H2,19,20,21);1H. The van der Waals surface area contributed by atoms with E-state index in [0.29, 0.717) is 22.1 Å². The summed E-state index contributed by atoms with van der Waals surface area (Å²) in [7, 11) is -3.31. The van der Waals surface area contributed by atoms with Crippen molar-refractivity contribution in [3.63, 3.8) is 0 Å². The number of thioether (sulfide) groups is 1. The third-order valence-corrected chi connectivity index (χ3v) is 7.54. The predicted octanol–water partition coefficient (Wildman–Crippen LogP) is 3.68. The Labute approximate surface area is 186 Å². The molecule has 1 aromatic rings. The molecular formula is C17H27BrIN3O2S2. The van der Waals surface area contributed by atoms with E-state index in [0.717, 1.165) is 23.9 Å². The minimum absolute atomic E-state index is 0. The van der Waals surface area contributed by atoms with Crippen molar-refractivity contribution in [2.75, 3.05) is 25.1 Å². The Bertz CT molecular complexity index is 684. The summed E-state index contributed by atoms with van der Waals surface area (Å²) in [5.41, 5.74) is 0. The number of halogens is 2. The van der Waals surface area contributed by atoms with Crippen molar-refractivity contribution in [1.29, 1.82) is 0 Å². The van der Waals surface area contributed by atoms with Gasteiger partial charge in [-0.3, -0.25) is 4.99 Å². The monoisotopic (exact) mass is 575 g/mol. The molecule has 0 bridgehead atoms. The molecule has 1 aliphatic rings. The van der Waals surface area contributed by atoms with Gasteiger partial charge in [0.1, 0.15) is 0 Å². The number of guanidine groups is 1. The number of benzene rings is 1. The van der Waals surface area contributed by atoms with Gasteiger partial charge >= 0.3 is 0 Å². The summed E-state index contributed by atoms with van der Waals surface area (Å²) in [6.45, 7) is 3.01. The molecule has 5 nitrogen and oxygen atoms in total. The normalized spacial score (nSPS) is 20.5. The summed E-state index contributed by atoms with van der Waals surface area (Å²) >= 11 is 5.23. The SMILES string of the molecule is CCNC(=NCCS(=O)(=O)c1ccc(Br)cc1)NC1CCC(SC)C1.I. The summed E-state index contributed by atoms with van der Waals surface area (Å²) in [5, 5.41) is 7.35. The lowest BCUT2D eigenvalue weighted by atomic mass is 10.2. The van der Waals surface area contributed by atoms with Crippen LogP contribution in [0.1, 0.15) is 26.2 Å². The predicted molar refractivity (Wildman–Crippen MR) is 126 cm³/mol. The maximum Gasteiger partial charge on any atom is 0.191 e. The molecule has 1 saturated carbocycles. The van der Waals surface area contributed by atoms with Gasteiger partial charge in [-0.25, -0.2) is 8.42 Å². The fraction of sp³-hybridized carbons (Fsp3) is 0.588. The van der Waals surface area contributed by atoms with E-state index in [4.69, 9.17) is 0 Å². The van der Waals surface area contributed by atoms with Gasteiger partial charge in [0.05, 0.1) is 17.2 Å². The van der Waals surface area contributed by atoms with Crippen LogP contribution >= 0.6 is 51.7 Å². The van der Waals surface area contributed by atoms with Crippen LogP contribution in [0.4, 0.5) is 0 Å². The molecule has 0 aliphatic heterocycles. The van der Waals surface area contributed by atoms with Gasteiger partial charge in [-0.15, -0.1) is 24.0 Å². The number of rotatable bonds is 7. The number of nitrogens with zero attached hydrogens (tertiary/aromatic N) is 1. The molecule has 0 amide bonds.